The van der Waals surface area contributed by atoms with Gasteiger partial charge in [-0.1, -0.05) is 12.8 Å². The van der Waals surface area contributed by atoms with E-state index >= 15 is 0 Å². The summed E-state index contributed by atoms with van der Waals surface area (Å²) in [7, 11) is 1.51. The lowest BCUT2D eigenvalue weighted by Gasteiger charge is -2.29. The van der Waals surface area contributed by atoms with Gasteiger partial charge in [0, 0.05) is 6.04 Å². The highest BCUT2D eigenvalue weighted by Gasteiger charge is 2.28. The Hall–Kier alpha value is -2.05. The van der Waals surface area contributed by atoms with Gasteiger partial charge in [-0.2, -0.15) is 0 Å². The molecule has 0 radical (unpaired) electrons. The molecule has 19 heavy (non-hydrogen) atoms. The molecular weight excluding hydrogens is 246 g/mol. The largest absolute Gasteiger partial charge is 0.490 e. The Bertz CT molecular complexity index is 459. The first-order valence-corrected chi connectivity index (χ1v) is 6.33. The van der Waals surface area contributed by atoms with Crippen LogP contribution in [0.15, 0.2) is 6.33 Å². The molecule has 1 amide bonds. The molecule has 104 valence electrons. The standard InChI is InChI=1S/C12H19N5O2/c1-19-10-11(14)15-7-16-12(10)17(6-9(13)18)8-4-2-3-5-8/h7-8H,2-6H2,1H3,(H2,13,18)(H2,14,15,16). The third-order valence-corrected chi connectivity index (χ3v) is 3.38. The number of nitrogen functional groups attached to an aromatic ring is 1. The van der Waals surface area contributed by atoms with Gasteiger partial charge in [-0.15, -0.1) is 0 Å². The summed E-state index contributed by atoms with van der Waals surface area (Å²) in [6.07, 6.45) is 5.68. The van der Waals surface area contributed by atoms with Crippen molar-refractivity contribution in [1.29, 1.82) is 0 Å². The van der Waals surface area contributed by atoms with Crippen LogP contribution < -0.4 is 21.1 Å². The summed E-state index contributed by atoms with van der Waals surface area (Å²) in [5.41, 5.74) is 11.1. The van der Waals surface area contributed by atoms with Gasteiger partial charge in [0.25, 0.3) is 0 Å². The van der Waals surface area contributed by atoms with Crippen LogP contribution in [-0.4, -0.2) is 35.6 Å². The van der Waals surface area contributed by atoms with Crippen LogP contribution in [0, 0.1) is 0 Å². The maximum Gasteiger partial charge on any atom is 0.237 e. The second-order valence-electron chi connectivity index (χ2n) is 4.65. The van der Waals surface area contributed by atoms with Crippen LogP contribution in [-0.2, 0) is 4.79 Å². The second-order valence-corrected chi connectivity index (χ2v) is 4.65. The zero-order valence-corrected chi connectivity index (χ0v) is 11.0. The van der Waals surface area contributed by atoms with E-state index in [1.165, 1.54) is 13.4 Å². The van der Waals surface area contributed by atoms with Crippen molar-refractivity contribution in [3.8, 4) is 5.75 Å². The van der Waals surface area contributed by atoms with E-state index in [0.717, 1.165) is 25.7 Å². The number of nitrogens with zero attached hydrogens (tertiary/aromatic N) is 3. The first-order chi connectivity index (χ1) is 9.13. The number of nitrogens with two attached hydrogens (primary N) is 2. The number of anilines is 2. The highest BCUT2D eigenvalue weighted by Crippen LogP contribution is 2.34. The molecular formula is C12H19N5O2. The normalized spacial score (nSPS) is 15.4. The van der Waals surface area contributed by atoms with Crippen molar-refractivity contribution in [1.82, 2.24) is 9.97 Å². The quantitative estimate of drug-likeness (QED) is 0.793. The number of primary amides is 1. The summed E-state index contributed by atoms with van der Waals surface area (Å²) in [6, 6.07) is 0.246. The van der Waals surface area contributed by atoms with Gasteiger partial charge in [0.2, 0.25) is 11.7 Å². The number of hydrogen-bond acceptors (Lipinski definition) is 6. The summed E-state index contributed by atoms with van der Waals surface area (Å²) in [6.45, 7) is 0.109. The van der Waals surface area contributed by atoms with Gasteiger partial charge >= 0.3 is 0 Å². The lowest BCUT2D eigenvalue weighted by atomic mass is 10.2. The zero-order valence-electron chi connectivity index (χ0n) is 11.0. The first-order valence-electron chi connectivity index (χ1n) is 6.33. The molecule has 1 aliphatic carbocycles. The molecule has 0 saturated heterocycles. The molecule has 1 saturated carbocycles. The second kappa shape index (κ2) is 5.73. The monoisotopic (exact) mass is 265 g/mol. The highest BCUT2D eigenvalue weighted by molar-refractivity contribution is 5.80. The van der Waals surface area contributed by atoms with Gasteiger partial charge in [0.05, 0.1) is 13.7 Å². The third-order valence-electron chi connectivity index (χ3n) is 3.38. The highest BCUT2D eigenvalue weighted by atomic mass is 16.5. The van der Waals surface area contributed by atoms with Crippen molar-refractivity contribution in [2.45, 2.75) is 31.7 Å². The molecule has 7 nitrogen and oxygen atoms in total. The predicted octanol–water partition coefficient (Wildman–Crippen LogP) is 0.302. The van der Waals surface area contributed by atoms with E-state index in [1.807, 2.05) is 4.90 Å². The van der Waals surface area contributed by atoms with Crippen LogP contribution in [0.25, 0.3) is 0 Å². The molecule has 1 heterocycles. The van der Waals surface area contributed by atoms with Crippen LogP contribution >= 0.6 is 0 Å². The van der Waals surface area contributed by atoms with Crippen LogP contribution in [0.2, 0.25) is 0 Å². The first kappa shape index (κ1) is 13.4. The maximum atomic E-state index is 11.3. The molecule has 0 aromatic carbocycles. The predicted molar refractivity (Wildman–Crippen MR) is 71.8 cm³/mol. The lowest BCUT2D eigenvalue weighted by molar-refractivity contribution is -0.116. The van der Waals surface area contributed by atoms with Gasteiger partial charge in [-0.25, -0.2) is 9.97 Å². The van der Waals surface area contributed by atoms with Gasteiger partial charge < -0.3 is 21.1 Å². The van der Waals surface area contributed by atoms with Crippen LogP contribution in [0.1, 0.15) is 25.7 Å². The molecule has 0 spiro atoms. The summed E-state index contributed by atoms with van der Waals surface area (Å²) in [5.74, 6) is 0.808. The van der Waals surface area contributed by atoms with Crippen molar-refractivity contribution in [2.75, 3.05) is 24.3 Å². The van der Waals surface area contributed by atoms with Crippen LogP contribution in [0.3, 0.4) is 0 Å². The van der Waals surface area contributed by atoms with E-state index in [0.29, 0.717) is 11.6 Å². The Morgan fingerprint density at radius 2 is 2.16 bits per heavy atom. The number of hydrogen-bond donors (Lipinski definition) is 2. The van der Waals surface area contributed by atoms with E-state index in [9.17, 15) is 4.79 Å². The summed E-state index contributed by atoms with van der Waals surface area (Å²) in [4.78, 5) is 21.3. The molecule has 0 aliphatic heterocycles. The van der Waals surface area contributed by atoms with Crippen LogP contribution in [0.5, 0.6) is 5.75 Å². The van der Waals surface area contributed by atoms with Crippen molar-refractivity contribution >= 4 is 17.5 Å². The minimum atomic E-state index is -0.397. The van der Waals surface area contributed by atoms with E-state index in [-0.39, 0.29) is 18.4 Å². The maximum absolute atomic E-state index is 11.3. The lowest BCUT2D eigenvalue weighted by Crippen LogP contribution is -2.41. The fourth-order valence-corrected chi connectivity index (χ4v) is 2.54. The molecule has 1 aromatic heterocycles. The van der Waals surface area contributed by atoms with E-state index in [4.69, 9.17) is 16.2 Å². The molecule has 1 fully saturated rings. The molecule has 1 aromatic rings. The fourth-order valence-electron chi connectivity index (χ4n) is 2.54. The summed E-state index contributed by atoms with van der Waals surface area (Å²) < 4.78 is 5.25. The number of aromatic nitrogens is 2. The van der Waals surface area contributed by atoms with Gasteiger partial charge in [0.15, 0.2) is 11.6 Å². The average molecular weight is 265 g/mol. The average Bonchev–Trinajstić information content (AvgIpc) is 2.89. The van der Waals surface area contributed by atoms with Crippen molar-refractivity contribution < 1.29 is 9.53 Å². The number of carbonyl (C=O) groups excluding carboxylic acids is 1. The molecule has 7 heteroatoms. The smallest absolute Gasteiger partial charge is 0.237 e. The van der Waals surface area contributed by atoms with E-state index in [1.54, 1.807) is 0 Å². The Morgan fingerprint density at radius 3 is 2.74 bits per heavy atom. The molecule has 1 aliphatic rings. The molecule has 0 unspecified atom stereocenters. The fraction of sp³-hybridized carbons (Fsp3) is 0.583. The molecule has 0 atom stereocenters. The Morgan fingerprint density at radius 1 is 1.47 bits per heavy atom. The molecule has 2 rings (SSSR count). The number of ether oxygens (including phenoxy) is 1. The third kappa shape index (κ3) is 2.86. The van der Waals surface area contributed by atoms with Gasteiger partial charge in [-0.05, 0) is 12.8 Å². The van der Waals surface area contributed by atoms with Crippen molar-refractivity contribution in [3.63, 3.8) is 0 Å². The Balaban J connectivity index is 2.36. The Labute approximate surface area is 111 Å². The summed E-state index contributed by atoms with van der Waals surface area (Å²) in [5, 5.41) is 0. The Kier molecular flexibility index (Phi) is 4.03. The number of amides is 1. The number of carbonyl (C=O) groups is 1. The topological polar surface area (TPSA) is 107 Å². The number of methoxy groups -OCH3 is 1. The van der Waals surface area contributed by atoms with E-state index < -0.39 is 5.91 Å². The molecule has 4 N–H and O–H groups in total. The van der Waals surface area contributed by atoms with Crippen molar-refractivity contribution in [2.24, 2.45) is 5.73 Å². The SMILES string of the molecule is COc1c(N)ncnc1N(CC(N)=O)C1CCCC1. The molecule has 0 bridgehead atoms. The van der Waals surface area contributed by atoms with Gasteiger partial charge in [0.1, 0.15) is 6.33 Å². The summed E-state index contributed by atoms with van der Waals surface area (Å²) >= 11 is 0. The van der Waals surface area contributed by atoms with Gasteiger partial charge in [-0.3, -0.25) is 4.79 Å². The van der Waals surface area contributed by atoms with E-state index in [2.05, 4.69) is 9.97 Å². The van der Waals surface area contributed by atoms with Crippen molar-refractivity contribution in [3.05, 3.63) is 6.33 Å². The van der Waals surface area contributed by atoms with Crippen LogP contribution in [0.4, 0.5) is 11.6 Å². The zero-order chi connectivity index (χ0) is 13.8. The minimum absolute atomic E-state index is 0.109. The number of rotatable bonds is 5. The minimum Gasteiger partial charge on any atom is -0.490 e.